The molecule has 0 saturated carbocycles. The highest BCUT2D eigenvalue weighted by molar-refractivity contribution is 5.68. The van der Waals surface area contributed by atoms with Crippen molar-refractivity contribution >= 4 is 6.09 Å². The molecule has 2 N–H and O–H groups in total. The second-order valence-corrected chi connectivity index (χ2v) is 5.18. The van der Waals surface area contributed by atoms with Gasteiger partial charge in [-0.3, -0.25) is 0 Å². The summed E-state index contributed by atoms with van der Waals surface area (Å²) in [4.78, 5) is 14.0. The van der Waals surface area contributed by atoms with Gasteiger partial charge in [-0.1, -0.05) is 12.1 Å². The Morgan fingerprint density at radius 1 is 1.43 bits per heavy atom. The Morgan fingerprint density at radius 2 is 2.24 bits per heavy atom. The molecule has 1 heterocycles. The molecule has 0 aromatic heterocycles. The minimum absolute atomic E-state index is 0.0135. The van der Waals surface area contributed by atoms with Gasteiger partial charge in [-0.2, -0.15) is 0 Å². The van der Waals surface area contributed by atoms with E-state index in [1.807, 2.05) is 30.0 Å². The topological polar surface area (TPSA) is 64.8 Å². The summed E-state index contributed by atoms with van der Waals surface area (Å²) in [5.41, 5.74) is 7.73. The number of carbonyl (C=O) groups is 1. The Kier molecular flexibility index (Phi) is 5.44. The molecule has 0 aliphatic carbocycles. The van der Waals surface area contributed by atoms with Crippen molar-refractivity contribution in [2.45, 2.75) is 38.8 Å². The number of piperidine rings is 1. The van der Waals surface area contributed by atoms with Crippen LogP contribution in [-0.2, 0) is 11.3 Å². The summed E-state index contributed by atoms with van der Waals surface area (Å²) < 4.78 is 10.7. The highest BCUT2D eigenvalue weighted by Crippen LogP contribution is 2.36. The molecular formula is C16H24N2O3. The van der Waals surface area contributed by atoms with Crippen LogP contribution in [0, 0.1) is 0 Å². The summed E-state index contributed by atoms with van der Waals surface area (Å²) in [6.07, 6.45) is 2.80. The Morgan fingerprint density at radius 3 is 2.90 bits per heavy atom. The lowest BCUT2D eigenvalue weighted by Crippen LogP contribution is -2.39. The van der Waals surface area contributed by atoms with Crippen LogP contribution in [0.3, 0.4) is 0 Å². The van der Waals surface area contributed by atoms with E-state index in [0.717, 1.165) is 42.7 Å². The average molecular weight is 292 g/mol. The summed E-state index contributed by atoms with van der Waals surface area (Å²) in [7, 11) is 1.65. The van der Waals surface area contributed by atoms with Gasteiger partial charge in [0.15, 0.2) is 0 Å². The molecule has 1 aliphatic rings. The van der Waals surface area contributed by atoms with E-state index in [1.165, 1.54) is 0 Å². The fourth-order valence-corrected chi connectivity index (χ4v) is 2.84. The van der Waals surface area contributed by atoms with Gasteiger partial charge in [0.2, 0.25) is 0 Å². The van der Waals surface area contributed by atoms with Gasteiger partial charge >= 0.3 is 6.09 Å². The van der Waals surface area contributed by atoms with Crippen LogP contribution < -0.4 is 10.5 Å². The first-order valence-electron chi connectivity index (χ1n) is 7.51. The van der Waals surface area contributed by atoms with E-state index in [2.05, 4.69) is 0 Å². The van der Waals surface area contributed by atoms with Gasteiger partial charge in [-0.25, -0.2) is 4.79 Å². The van der Waals surface area contributed by atoms with Crippen LogP contribution in [0.4, 0.5) is 4.79 Å². The number of amides is 1. The highest BCUT2D eigenvalue weighted by Gasteiger charge is 2.30. The van der Waals surface area contributed by atoms with E-state index >= 15 is 0 Å². The Balaban J connectivity index is 2.30. The van der Waals surface area contributed by atoms with Gasteiger partial charge in [0.1, 0.15) is 5.75 Å². The molecule has 1 unspecified atom stereocenters. The van der Waals surface area contributed by atoms with E-state index in [-0.39, 0.29) is 12.1 Å². The zero-order valence-electron chi connectivity index (χ0n) is 12.8. The van der Waals surface area contributed by atoms with Crippen molar-refractivity contribution < 1.29 is 14.3 Å². The van der Waals surface area contributed by atoms with Crippen molar-refractivity contribution in [2.24, 2.45) is 5.73 Å². The molecule has 1 atom stereocenters. The third kappa shape index (κ3) is 3.47. The Bertz CT molecular complexity index is 490. The van der Waals surface area contributed by atoms with Crippen molar-refractivity contribution in [1.29, 1.82) is 0 Å². The maximum Gasteiger partial charge on any atom is 0.410 e. The van der Waals surface area contributed by atoms with Gasteiger partial charge in [0.25, 0.3) is 0 Å². The summed E-state index contributed by atoms with van der Waals surface area (Å²) in [5.74, 6) is 0.791. The van der Waals surface area contributed by atoms with Gasteiger partial charge in [0.05, 0.1) is 19.8 Å². The normalized spacial score (nSPS) is 18.4. The van der Waals surface area contributed by atoms with E-state index in [1.54, 1.807) is 7.11 Å². The van der Waals surface area contributed by atoms with Crippen LogP contribution in [-0.4, -0.2) is 31.3 Å². The second kappa shape index (κ2) is 7.31. The van der Waals surface area contributed by atoms with Crippen LogP contribution >= 0.6 is 0 Å². The number of ether oxygens (including phenoxy) is 2. The Hall–Kier alpha value is -1.75. The van der Waals surface area contributed by atoms with Gasteiger partial charge in [-0.15, -0.1) is 0 Å². The van der Waals surface area contributed by atoms with Crippen LogP contribution in [0.5, 0.6) is 5.75 Å². The number of nitrogens with two attached hydrogens (primary N) is 1. The number of likely N-dealkylation sites (tertiary alicyclic amines) is 1. The van der Waals surface area contributed by atoms with Gasteiger partial charge < -0.3 is 20.1 Å². The molecule has 1 aliphatic heterocycles. The first kappa shape index (κ1) is 15.6. The van der Waals surface area contributed by atoms with Crippen molar-refractivity contribution in [3.63, 3.8) is 0 Å². The third-order valence-corrected chi connectivity index (χ3v) is 3.90. The maximum atomic E-state index is 12.1. The number of methoxy groups -OCH3 is 1. The lowest BCUT2D eigenvalue weighted by molar-refractivity contribution is 0.0760. The van der Waals surface area contributed by atoms with Crippen molar-refractivity contribution in [3.05, 3.63) is 29.3 Å². The van der Waals surface area contributed by atoms with E-state index in [4.69, 9.17) is 15.2 Å². The molecule has 5 heteroatoms. The molecule has 0 radical (unpaired) electrons. The summed E-state index contributed by atoms with van der Waals surface area (Å²) >= 11 is 0. The zero-order chi connectivity index (χ0) is 15.2. The fourth-order valence-electron chi connectivity index (χ4n) is 2.84. The number of rotatable bonds is 4. The van der Waals surface area contributed by atoms with E-state index < -0.39 is 0 Å². The molecule has 1 amide bonds. The number of hydrogen-bond donors (Lipinski definition) is 1. The molecule has 116 valence electrons. The maximum absolute atomic E-state index is 12.1. The van der Waals surface area contributed by atoms with E-state index in [0.29, 0.717) is 13.2 Å². The van der Waals surface area contributed by atoms with E-state index in [9.17, 15) is 4.79 Å². The van der Waals surface area contributed by atoms with Crippen LogP contribution in [0.15, 0.2) is 18.2 Å². The molecule has 0 spiro atoms. The van der Waals surface area contributed by atoms with Gasteiger partial charge in [0, 0.05) is 18.7 Å². The lowest BCUT2D eigenvalue weighted by Gasteiger charge is -2.35. The minimum atomic E-state index is -0.243. The second-order valence-electron chi connectivity index (χ2n) is 5.18. The molecule has 2 rings (SSSR count). The lowest BCUT2D eigenvalue weighted by atomic mass is 9.94. The van der Waals surface area contributed by atoms with Gasteiger partial charge in [-0.05, 0) is 37.8 Å². The summed E-state index contributed by atoms with van der Waals surface area (Å²) in [6.45, 7) is 3.42. The van der Waals surface area contributed by atoms with Crippen LogP contribution in [0.1, 0.15) is 43.4 Å². The molecule has 1 saturated heterocycles. The third-order valence-electron chi connectivity index (χ3n) is 3.90. The minimum Gasteiger partial charge on any atom is -0.496 e. The quantitative estimate of drug-likeness (QED) is 0.926. The highest BCUT2D eigenvalue weighted by atomic mass is 16.6. The molecule has 1 aromatic rings. The number of benzene rings is 1. The van der Waals surface area contributed by atoms with Crippen LogP contribution in [0.2, 0.25) is 0 Å². The molecule has 0 bridgehead atoms. The molecule has 5 nitrogen and oxygen atoms in total. The standard InChI is InChI=1S/C16H24N2O3/c1-3-21-16(19)18-9-5-4-6-14(18)13-8-7-12(11-17)10-15(13)20-2/h7-8,10,14H,3-6,9,11,17H2,1-2H3. The molecule has 21 heavy (non-hydrogen) atoms. The molecular weight excluding hydrogens is 268 g/mol. The SMILES string of the molecule is CCOC(=O)N1CCCCC1c1ccc(CN)cc1OC. The van der Waals surface area contributed by atoms with Crippen molar-refractivity contribution in [1.82, 2.24) is 4.90 Å². The van der Waals surface area contributed by atoms with Crippen LogP contribution in [0.25, 0.3) is 0 Å². The molecule has 1 fully saturated rings. The summed E-state index contributed by atoms with van der Waals surface area (Å²) in [6, 6.07) is 5.98. The first-order valence-corrected chi connectivity index (χ1v) is 7.51. The Labute approximate surface area is 126 Å². The zero-order valence-corrected chi connectivity index (χ0v) is 12.8. The average Bonchev–Trinajstić information content (AvgIpc) is 2.54. The first-order chi connectivity index (χ1) is 10.2. The predicted molar refractivity (Wildman–Crippen MR) is 81.2 cm³/mol. The summed E-state index contributed by atoms with van der Waals surface area (Å²) in [5, 5.41) is 0. The number of carbonyl (C=O) groups excluding carboxylic acids is 1. The monoisotopic (exact) mass is 292 g/mol. The molecule has 1 aromatic carbocycles. The predicted octanol–water partition coefficient (Wildman–Crippen LogP) is 2.84. The number of nitrogens with zero attached hydrogens (tertiary/aromatic N) is 1. The smallest absolute Gasteiger partial charge is 0.410 e. The van der Waals surface area contributed by atoms with Crippen molar-refractivity contribution in [3.8, 4) is 5.75 Å². The fraction of sp³-hybridized carbons (Fsp3) is 0.562. The number of hydrogen-bond acceptors (Lipinski definition) is 4. The van der Waals surface area contributed by atoms with Crippen molar-refractivity contribution in [2.75, 3.05) is 20.3 Å². The largest absolute Gasteiger partial charge is 0.496 e.